The third-order valence-electron chi connectivity index (χ3n) is 12.1. The van der Waals surface area contributed by atoms with Crippen LogP contribution in [0.25, 0.3) is 32.9 Å². The number of pyridine rings is 1. The van der Waals surface area contributed by atoms with Gasteiger partial charge in [0, 0.05) is 61.0 Å². The monoisotopic (exact) mass is 727 g/mol. The number of halogens is 2. The maximum atomic E-state index is 17.2. The second-order valence-electron chi connectivity index (χ2n) is 15.0. The van der Waals surface area contributed by atoms with Crippen LogP contribution in [0.2, 0.25) is 0 Å². The Kier molecular flexibility index (Phi) is 8.77. The van der Waals surface area contributed by atoms with Gasteiger partial charge in [0.05, 0.1) is 39.1 Å². The second-order valence-corrected chi connectivity index (χ2v) is 15.0. The van der Waals surface area contributed by atoms with E-state index >= 15 is 8.78 Å². The minimum Gasteiger partial charge on any atom is -0.508 e. The Labute approximate surface area is 306 Å². The van der Waals surface area contributed by atoms with E-state index in [0.717, 1.165) is 57.9 Å². The summed E-state index contributed by atoms with van der Waals surface area (Å²) in [6.07, 6.45) is 13.6. The average Bonchev–Trinajstić information content (AvgIpc) is 3.74. The van der Waals surface area contributed by atoms with Crippen molar-refractivity contribution in [3.8, 4) is 41.2 Å². The number of terminal acetylenes is 1. The van der Waals surface area contributed by atoms with Crippen molar-refractivity contribution in [2.24, 2.45) is 5.41 Å². The summed E-state index contributed by atoms with van der Waals surface area (Å²) in [6, 6.07) is 6.30. The highest BCUT2D eigenvalue weighted by Gasteiger charge is 2.57. The van der Waals surface area contributed by atoms with E-state index in [-0.39, 0.29) is 56.2 Å². The molecule has 11 nitrogen and oxygen atoms in total. The third-order valence-corrected chi connectivity index (χ3v) is 12.1. The fraction of sp³-hybridized carbons (Fsp3) is 0.525. The van der Waals surface area contributed by atoms with Crippen LogP contribution in [0.3, 0.4) is 0 Å². The van der Waals surface area contributed by atoms with Crippen LogP contribution in [0.4, 0.5) is 14.6 Å². The van der Waals surface area contributed by atoms with Crippen molar-refractivity contribution in [3.05, 3.63) is 41.5 Å². The van der Waals surface area contributed by atoms with Gasteiger partial charge in [0.2, 0.25) is 5.88 Å². The normalized spacial score (nSPS) is 24.6. The number of hydrogen-bond acceptors (Lipinski definition) is 11. The predicted octanol–water partition coefficient (Wildman–Crippen LogP) is 5.96. The molecule has 3 saturated heterocycles. The molecule has 278 valence electrons. The van der Waals surface area contributed by atoms with E-state index in [1.165, 1.54) is 31.4 Å². The molecule has 9 rings (SSSR count). The summed E-state index contributed by atoms with van der Waals surface area (Å²) in [7, 11) is 1.44. The van der Waals surface area contributed by atoms with Crippen LogP contribution in [0, 0.1) is 29.4 Å². The van der Waals surface area contributed by atoms with Crippen LogP contribution in [0.1, 0.15) is 56.9 Å². The smallest absolute Gasteiger partial charge is 0.319 e. The quantitative estimate of drug-likeness (QED) is 0.228. The summed E-state index contributed by atoms with van der Waals surface area (Å²) in [5, 5.41) is 11.7. The number of methoxy groups -OCH3 is 1. The highest BCUT2D eigenvalue weighted by Crippen LogP contribution is 2.53. The Morgan fingerprint density at radius 3 is 2.62 bits per heavy atom. The molecule has 4 aromatic rings. The summed E-state index contributed by atoms with van der Waals surface area (Å²) < 4.78 is 62.4. The Hall–Kier alpha value is -4.35. The summed E-state index contributed by atoms with van der Waals surface area (Å²) in [4.78, 5) is 19.0. The second kappa shape index (κ2) is 13.5. The number of phenols is 1. The molecule has 5 heterocycles. The van der Waals surface area contributed by atoms with Gasteiger partial charge in [-0.05, 0) is 62.2 Å². The number of nitrogens with zero attached hydrogens (tertiary/aromatic N) is 5. The van der Waals surface area contributed by atoms with Gasteiger partial charge in [0.1, 0.15) is 34.0 Å². The molecule has 2 unspecified atom stereocenters. The Morgan fingerprint density at radius 1 is 0.981 bits per heavy atom. The minimum atomic E-state index is -0.796. The first-order valence-electron chi connectivity index (χ1n) is 18.7. The third kappa shape index (κ3) is 5.82. The number of hydrogen-bond donors (Lipinski definition) is 1. The molecule has 2 aromatic carbocycles. The lowest BCUT2D eigenvalue weighted by Crippen LogP contribution is -2.63. The number of anilines is 1. The summed E-state index contributed by atoms with van der Waals surface area (Å²) in [5.41, 5.74) is -0.310. The van der Waals surface area contributed by atoms with Gasteiger partial charge in [-0.2, -0.15) is 9.97 Å². The zero-order valence-corrected chi connectivity index (χ0v) is 29.8. The summed E-state index contributed by atoms with van der Waals surface area (Å²) >= 11 is 0. The van der Waals surface area contributed by atoms with Crippen molar-refractivity contribution < 1.29 is 37.6 Å². The number of likely N-dealkylation sites (tertiary alicyclic amines) is 1. The van der Waals surface area contributed by atoms with E-state index in [4.69, 9.17) is 40.1 Å². The maximum absolute atomic E-state index is 17.2. The van der Waals surface area contributed by atoms with Crippen molar-refractivity contribution in [1.29, 1.82) is 0 Å². The molecule has 53 heavy (non-hydrogen) atoms. The molecule has 2 saturated carbocycles. The first-order valence-corrected chi connectivity index (χ1v) is 18.7. The molecule has 1 spiro atoms. The highest BCUT2D eigenvalue weighted by atomic mass is 19.1. The van der Waals surface area contributed by atoms with Crippen molar-refractivity contribution in [3.63, 3.8) is 0 Å². The molecular formula is C40H43F2N5O6. The number of aromatic nitrogens is 3. The van der Waals surface area contributed by atoms with Crippen LogP contribution in [0.15, 0.2) is 24.3 Å². The zero-order chi connectivity index (χ0) is 36.3. The molecule has 5 fully saturated rings. The molecule has 0 amide bonds. The van der Waals surface area contributed by atoms with Crippen LogP contribution in [0.5, 0.6) is 17.6 Å². The molecule has 13 heteroatoms. The van der Waals surface area contributed by atoms with E-state index in [1.807, 2.05) is 4.90 Å². The lowest BCUT2D eigenvalue weighted by molar-refractivity contribution is -0.242. The number of aromatic hydroxyl groups is 1. The Balaban J connectivity index is 1.13. The molecule has 2 atom stereocenters. The van der Waals surface area contributed by atoms with Crippen molar-refractivity contribution in [2.45, 2.75) is 69.2 Å². The van der Waals surface area contributed by atoms with Gasteiger partial charge >= 0.3 is 6.01 Å². The maximum Gasteiger partial charge on any atom is 0.319 e. The predicted molar refractivity (Wildman–Crippen MR) is 193 cm³/mol. The average molecular weight is 728 g/mol. The molecule has 2 aliphatic carbocycles. The van der Waals surface area contributed by atoms with Crippen LogP contribution < -0.4 is 14.4 Å². The minimum absolute atomic E-state index is 0.0550. The van der Waals surface area contributed by atoms with Gasteiger partial charge in [-0.15, -0.1) is 6.42 Å². The fourth-order valence-electron chi connectivity index (χ4n) is 9.64. The fourth-order valence-corrected chi connectivity index (χ4v) is 9.64. The van der Waals surface area contributed by atoms with E-state index in [9.17, 15) is 5.11 Å². The molecule has 3 aliphatic heterocycles. The summed E-state index contributed by atoms with van der Waals surface area (Å²) in [5.74, 6) is 0.893. The lowest BCUT2D eigenvalue weighted by Gasteiger charge is -2.55. The summed E-state index contributed by atoms with van der Waals surface area (Å²) in [6.45, 7) is 4.93. The van der Waals surface area contributed by atoms with E-state index in [2.05, 4.69) is 15.8 Å². The topological polar surface area (TPSA) is 112 Å². The lowest BCUT2D eigenvalue weighted by atomic mass is 9.72. The molecule has 5 aliphatic rings. The molecular weight excluding hydrogens is 684 g/mol. The van der Waals surface area contributed by atoms with Gasteiger partial charge in [0.15, 0.2) is 11.6 Å². The zero-order valence-electron chi connectivity index (χ0n) is 29.8. The molecule has 0 bridgehead atoms. The molecule has 1 N–H and O–H groups in total. The van der Waals surface area contributed by atoms with Crippen molar-refractivity contribution >= 4 is 27.5 Å². The van der Waals surface area contributed by atoms with Gasteiger partial charge in [-0.3, -0.25) is 4.90 Å². The Morgan fingerprint density at radius 2 is 1.81 bits per heavy atom. The van der Waals surface area contributed by atoms with E-state index in [1.54, 1.807) is 0 Å². The van der Waals surface area contributed by atoms with Crippen molar-refractivity contribution in [1.82, 2.24) is 19.9 Å². The van der Waals surface area contributed by atoms with Gasteiger partial charge in [-0.1, -0.05) is 18.4 Å². The number of phenolic OH excluding ortho intramolecular Hbond substituents is 1. The number of rotatable bonds is 7. The van der Waals surface area contributed by atoms with Gasteiger partial charge < -0.3 is 33.7 Å². The number of benzene rings is 2. The van der Waals surface area contributed by atoms with Crippen LogP contribution >= 0.6 is 0 Å². The number of piperidine rings is 1. The number of ether oxygens (including phenoxy) is 5. The van der Waals surface area contributed by atoms with Gasteiger partial charge in [-0.25, -0.2) is 13.8 Å². The molecule has 0 radical (unpaired) electrons. The number of fused-ring (bicyclic) bond motifs is 3. The standard InChI is InChI=1S/C40H43F2N5O6/c1-3-27-29(41)9-8-24-19-26(48)20-28(31(24)27)34-33(42)35-32(37(43-34)49-2)36(46-12-6-15-50-16-14-46)45-38(44-35)51-23-39-10-4-7-30(39)47(13-5-11-39)25-21-40(22-25)52-17-18-53-40/h1,8-9,19-20,25,30,48H,4-7,10-18,21-23H2,2H3. The van der Waals surface area contributed by atoms with E-state index in [0.29, 0.717) is 69.4 Å². The van der Waals surface area contributed by atoms with Crippen LogP contribution in [-0.4, -0.2) is 103 Å². The largest absolute Gasteiger partial charge is 0.508 e. The van der Waals surface area contributed by atoms with Crippen molar-refractivity contribution in [2.75, 3.05) is 64.7 Å². The first-order chi connectivity index (χ1) is 25.8. The molecule has 2 aromatic heterocycles. The SMILES string of the molecule is C#Cc1c(F)ccc2cc(O)cc(-c3nc(OC)c4c(N5CCCOCC5)nc(OCC56CCCC5N(C5CC7(C5)OCCO7)CCC6)nc4c3F)c12. The van der Waals surface area contributed by atoms with Gasteiger partial charge in [0.25, 0.3) is 0 Å². The Bertz CT molecular complexity index is 2110. The van der Waals surface area contributed by atoms with E-state index < -0.39 is 17.4 Å². The first kappa shape index (κ1) is 34.4. The van der Waals surface area contributed by atoms with Crippen LogP contribution in [-0.2, 0) is 14.2 Å². The highest BCUT2D eigenvalue weighted by molar-refractivity contribution is 6.04.